The van der Waals surface area contributed by atoms with Gasteiger partial charge in [-0.15, -0.1) is 0 Å². The average Bonchev–Trinajstić information content (AvgIpc) is 1.74. The lowest BCUT2D eigenvalue weighted by atomic mass is 9.82. The normalized spacial score (nSPS) is 14.2. The summed E-state index contributed by atoms with van der Waals surface area (Å²) in [4.78, 5) is 97.6. The maximum absolute atomic E-state index is 12.6. The molecule has 97 heavy (non-hydrogen) atoms. The molecule has 0 atom stereocenters. The molecule has 2 saturated carbocycles. The van der Waals surface area contributed by atoms with Crippen LogP contribution in [0.2, 0.25) is 0 Å². The Morgan fingerprint density at radius 2 is 0.577 bits per heavy atom. The van der Waals surface area contributed by atoms with Gasteiger partial charge < -0.3 is 37.9 Å². The Hall–Kier alpha value is -4.24. The molecule has 0 N–H and O–H groups in total. The standard InChI is InChI=1S/C20H36O4.C19H34O4.C18H34O4.C16H30O4.8CH4/c1-7-9-10-13-16(21)23-19(5,6)20(14-11-12-15-20)24-17(22)18(3,4)8-2;1-9-17(5,6)15(21)23-19(12-10-11-13-19)18(7,8)22-14(20)16(2,3)4;1-9-11-12-13-14(19)21-17(5,6)18(7,8)22-15(20)16(3,4)10-2;1-7-9-10-11-13(17)20-16(5,6)12-19-14(18)15(3,4)8-2;;;;;;;;/h7-15H2,1-6H3;9-13H2,1-8H3;9-13H2,1-8H3;7-12H2,1-6H3;8*1H4. The van der Waals surface area contributed by atoms with Gasteiger partial charge >= 0.3 is 47.8 Å². The fourth-order valence-corrected chi connectivity index (χ4v) is 8.99. The Morgan fingerprint density at radius 3 is 0.876 bits per heavy atom. The second kappa shape index (κ2) is 48.6. The quantitative estimate of drug-likeness (QED) is 0.0348. The SMILES string of the molecule is C.C.C.C.C.C.C.C.CCC(C)(C)C(=O)OC1(C(C)(C)OC(=O)C(C)(C)C)CCCC1.CCCCCC(=O)OC(C)(C)C(C)(C)OC(=O)C(C)(C)CC.CCCCCC(=O)OC(C)(C)C1(OC(=O)C(C)(C)CC)CCCC1.CCCCCC(=O)OC(C)(C)COC(=O)C(C)(C)CC. The maximum atomic E-state index is 12.6. The van der Waals surface area contributed by atoms with Crippen molar-refractivity contribution in [1.82, 2.24) is 0 Å². The van der Waals surface area contributed by atoms with E-state index in [9.17, 15) is 38.4 Å². The lowest BCUT2D eigenvalue weighted by molar-refractivity contribution is -0.215. The molecular formula is C81H166O16. The van der Waals surface area contributed by atoms with Gasteiger partial charge in [0.05, 0.1) is 27.1 Å². The number of carbonyl (C=O) groups excluding carboxylic acids is 8. The van der Waals surface area contributed by atoms with Crippen LogP contribution in [0.15, 0.2) is 0 Å². The van der Waals surface area contributed by atoms with Crippen molar-refractivity contribution >= 4 is 47.8 Å². The molecule has 0 aliphatic heterocycles. The van der Waals surface area contributed by atoms with E-state index in [1.54, 1.807) is 41.5 Å². The zero-order valence-electron chi connectivity index (χ0n) is 62.2. The molecule has 0 bridgehead atoms. The van der Waals surface area contributed by atoms with E-state index in [1.165, 1.54) is 0 Å². The zero-order chi connectivity index (χ0) is 70.0. The first-order chi connectivity index (χ1) is 40.4. The van der Waals surface area contributed by atoms with E-state index in [0.717, 1.165) is 116 Å². The molecular weight excluding hydrogens is 1230 g/mol. The van der Waals surface area contributed by atoms with Gasteiger partial charge in [0.1, 0.15) is 34.6 Å². The monoisotopic (exact) mass is 1400 g/mol. The third-order valence-corrected chi connectivity index (χ3v) is 18.7. The molecule has 2 fully saturated rings. The second-order valence-corrected chi connectivity index (χ2v) is 31.3. The highest BCUT2D eigenvalue weighted by molar-refractivity contribution is 5.79. The molecule has 586 valence electrons. The largest absolute Gasteiger partial charge is 0.461 e. The van der Waals surface area contributed by atoms with Crippen LogP contribution in [0.25, 0.3) is 0 Å². The predicted octanol–water partition coefficient (Wildman–Crippen LogP) is 23.4. The summed E-state index contributed by atoms with van der Waals surface area (Å²) in [5.74, 6) is -1.84. The van der Waals surface area contributed by atoms with E-state index in [4.69, 9.17) is 37.9 Å². The summed E-state index contributed by atoms with van der Waals surface area (Å²) in [6.45, 7) is 52.9. The van der Waals surface area contributed by atoms with E-state index in [-0.39, 0.29) is 114 Å². The van der Waals surface area contributed by atoms with Crippen molar-refractivity contribution in [3.8, 4) is 0 Å². The molecule has 0 spiro atoms. The van der Waals surface area contributed by atoms with Crippen LogP contribution in [0.1, 0.15) is 407 Å². The Bertz CT molecular complexity index is 2190. The molecule has 0 radical (unpaired) electrons. The van der Waals surface area contributed by atoms with Crippen molar-refractivity contribution in [3.05, 3.63) is 0 Å². The van der Waals surface area contributed by atoms with Gasteiger partial charge in [0, 0.05) is 19.3 Å². The summed E-state index contributed by atoms with van der Waals surface area (Å²) < 4.78 is 45.6. The molecule has 2 aliphatic rings. The van der Waals surface area contributed by atoms with Gasteiger partial charge in [-0.2, -0.15) is 0 Å². The van der Waals surface area contributed by atoms with Gasteiger partial charge in [-0.3, -0.25) is 38.4 Å². The summed E-state index contributed by atoms with van der Waals surface area (Å²) >= 11 is 0. The van der Waals surface area contributed by atoms with Crippen molar-refractivity contribution < 1.29 is 76.3 Å². The number of hydrogen-bond acceptors (Lipinski definition) is 16. The molecule has 16 nitrogen and oxygen atoms in total. The van der Waals surface area contributed by atoms with Crippen LogP contribution in [0.3, 0.4) is 0 Å². The van der Waals surface area contributed by atoms with Crippen molar-refractivity contribution in [2.45, 2.75) is 447 Å². The number of carbonyl (C=O) groups is 8. The Kier molecular flexibility index (Phi) is 57.1. The second-order valence-electron chi connectivity index (χ2n) is 31.3. The van der Waals surface area contributed by atoms with Crippen molar-refractivity contribution in [2.24, 2.45) is 27.1 Å². The number of ether oxygens (including phenoxy) is 8. The number of esters is 8. The minimum Gasteiger partial charge on any atom is -0.461 e. The predicted molar refractivity (Wildman–Crippen MR) is 408 cm³/mol. The van der Waals surface area contributed by atoms with Gasteiger partial charge in [-0.25, -0.2) is 0 Å². The molecule has 0 unspecified atom stereocenters. The summed E-state index contributed by atoms with van der Waals surface area (Å²) in [6, 6.07) is 0. The summed E-state index contributed by atoms with van der Waals surface area (Å²) in [6.07, 6.45) is 19.8. The van der Waals surface area contributed by atoms with Gasteiger partial charge in [0.2, 0.25) is 0 Å². The fourth-order valence-electron chi connectivity index (χ4n) is 8.99. The highest BCUT2D eigenvalue weighted by Gasteiger charge is 2.56. The van der Waals surface area contributed by atoms with Crippen LogP contribution < -0.4 is 0 Å². The Labute approximate surface area is 601 Å². The van der Waals surface area contributed by atoms with E-state index in [1.807, 2.05) is 132 Å². The van der Waals surface area contributed by atoms with Crippen LogP contribution in [0, 0.1) is 27.1 Å². The topological polar surface area (TPSA) is 210 Å². The molecule has 16 heteroatoms. The third kappa shape index (κ3) is 38.4. The highest BCUT2D eigenvalue weighted by Crippen LogP contribution is 2.47. The summed E-state index contributed by atoms with van der Waals surface area (Å²) in [5.41, 5.74) is -8.27. The Balaban J connectivity index is -0.000000127. The van der Waals surface area contributed by atoms with Crippen LogP contribution >= 0.6 is 0 Å². The highest BCUT2D eigenvalue weighted by atomic mass is 16.6. The van der Waals surface area contributed by atoms with E-state index in [0.29, 0.717) is 38.5 Å². The lowest BCUT2D eigenvalue weighted by Gasteiger charge is -2.44. The number of hydrogen-bond donors (Lipinski definition) is 0. The summed E-state index contributed by atoms with van der Waals surface area (Å²) in [5, 5.41) is 0. The first-order valence-electron chi connectivity index (χ1n) is 34.2. The zero-order valence-corrected chi connectivity index (χ0v) is 62.2. The first-order valence-corrected chi connectivity index (χ1v) is 34.2. The van der Waals surface area contributed by atoms with Crippen molar-refractivity contribution in [3.63, 3.8) is 0 Å². The van der Waals surface area contributed by atoms with E-state index < -0.39 is 66.3 Å². The van der Waals surface area contributed by atoms with Crippen LogP contribution in [0.5, 0.6) is 0 Å². The average molecular weight is 1400 g/mol. The minimum atomic E-state index is -0.892. The minimum absolute atomic E-state index is 0. The van der Waals surface area contributed by atoms with Crippen LogP contribution in [-0.4, -0.2) is 93.6 Å². The first kappa shape index (κ1) is 114. The molecule has 0 aromatic heterocycles. The fraction of sp³-hybridized carbons (Fsp3) is 0.901. The molecule has 0 heterocycles. The molecule has 2 aliphatic carbocycles. The van der Waals surface area contributed by atoms with Gasteiger partial charge in [-0.05, 0) is 242 Å². The molecule has 0 amide bonds. The van der Waals surface area contributed by atoms with Gasteiger partial charge in [0.25, 0.3) is 0 Å². The van der Waals surface area contributed by atoms with Crippen molar-refractivity contribution in [2.75, 3.05) is 6.61 Å². The molecule has 0 aromatic rings. The van der Waals surface area contributed by atoms with Gasteiger partial charge in [-0.1, -0.05) is 146 Å². The molecule has 2 rings (SSSR count). The molecule has 0 saturated heterocycles. The van der Waals surface area contributed by atoms with Gasteiger partial charge in [0.15, 0.2) is 11.2 Å². The maximum Gasteiger partial charge on any atom is 0.312 e. The number of rotatable bonds is 32. The number of unbranched alkanes of at least 4 members (excludes halogenated alkanes) is 6. The molecule has 0 aromatic carbocycles. The van der Waals surface area contributed by atoms with E-state index in [2.05, 4.69) is 20.8 Å². The summed E-state index contributed by atoms with van der Waals surface area (Å²) in [7, 11) is 0. The van der Waals surface area contributed by atoms with Crippen LogP contribution in [0.4, 0.5) is 0 Å². The smallest absolute Gasteiger partial charge is 0.312 e. The lowest BCUT2D eigenvalue weighted by Crippen LogP contribution is -2.56. The van der Waals surface area contributed by atoms with Crippen LogP contribution in [-0.2, 0) is 76.3 Å². The third-order valence-electron chi connectivity index (χ3n) is 18.7. The Morgan fingerprint density at radius 1 is 0.309 bits per heavy atom. The van der Waals surface area contributed by atoms with Crippen molar-refractivity contribution in [1.29, 1.82) is 0 Å². The van der Waals surface area contributed by atoms with E-state index >= 15 is 0 Å².